The van der Waals surface area contributed by atoms with E-state index in [4.69, 9.17) is 0 Å². The van der Waals surface area contributed by atoms with E-state index in [0.29, 0.717) is 0 Å². The summed E-state index contributed by atoms with van der Waals surface area (Å²) >= 11 is 0. The summed E-state index contributed by atoms with van der Waals surface area (Å²) in [6.07, 6.45) is 3.50. The second-order valence-corrected chi connectivity index (χ2v) is 5.63. The molecule has 0 spiro atoms. The molecule has 0 aliphatic carbocycles. The van der Waals surface area contributed by atoms with Crippen LogP contribution in [0.2, 0.25) is 0 Å². The summed E-state index contributed by atoms with van der Waals surface area (Å²) in [7, 11) is 0. The van der Waals surface area contributed by atoms with E-state index in [1.807, 2.05) is 0 Å². The molecule has 0 saturated heterocycles. The Morgan fingerprint density at radius 1 is 0.619 bits per heavy atom. The van der Waals surface area contributed by atoms with Gasteiger partial charge in [-0.1, -0.05) is 57.2 Å². The Morgan fingerprint density at radius 3 is 1.38 bits per heavy atom. The first kappa shape index (κ1) is 17.5. The Bertz CT molecular complexity index is 522. The summed E-state index contributed by atoms with van der Waals surface area (Å²) in [5.41, 5.74) is 8.80. The smallest absolute Gasteiger partial charge is 0.0302 e. The van der Waals surface area contributed by atoms with Gasteiger partial charge in [0.15, 0.2) is 0 Å². The zero-order valence-corrected chi connectivity index (χ0v) is 14.6. The van der Waals surface area contributed by atoms with Gasteiger partial charge in [-0.15, -0.1) is 0 Å². The van der Waals surface area contributed by atoms with E-state index in [0.717, 1.165) is 12.8 Å². The average Bonchev–Trinajstić information content (AvgIpc) is 2.52. The Balaban J connectivity index is 0.000000219. The Labute approximate surface area is 131 Å². The van der Waals surface area contributed by atoms with E-state index in [1.165, 1.54) is 34.2 Å². The molecule has 2 aromatic rings. The van der Waals surface area contributed by atoms with Crippen molar-refractivity contribution in [1.82, 2.24) is 0 Å². The first-order chi connectivity index (χ1) is 10.0. The minimum absolute atomic E-state index is 1.16. The molecule has 0 heterocycles. The van der Waals surface area contributed by atoms with Crippen molar-refractivity contribution >= 4 is 0 Å². The highest BCUT2D eigenvalue weighted by atomic mass is 14.1. The van der Waals surface area contributed by atoms with Crippen LogP contribution in [-0.4, -0.2) is 0 Å². The Kier molecular flexibility index (Phi) is 7.22. The maximum atomic E-state index is 2.25. The zero-order chi connectivity index (χ0) is 15.8. The molecular formula is C21H30. The van der Waals surface area contributed by atoms with Crippen molar-refractivity contribution in [2.24, 2.45) is 0 Å². The summed E-state index contributed by atoms with van der Waals surface area (Å²) in [5, 5.41) is 0. The van der Waals surface area contributed by atoms with Gasteiger partial charge in [-0.05, 0) is 73.4 Å². The summed E-state index contributed by atoms with van der Waals surface area (Å²) in [6.45, 7) is 13.1. The minimum Gasteiger partial charge on any atom is -0.0617 e. The molecule has 0 N–H and O–H groups in total. The quantitative estimate of drug-likeness (QED) is 0.649. The lowest BCUT2D eigenvalue weighted by atomic mass is 9.96. The maximum Gasteiger partial charge on any atom is -0.0302 e. The van der Waals surface area contributed by atoms with E-state index in [2.05, 4.69) is 77.9 Å². The lowest BCUT2D eigenvalue weighted by Crippen LogP contribution is -1.96. The van der Waals surface area contributed by atoms with Crippen LogP contribution in [0, 0.1) is 20.8 Å². The van der Waals surface area contributed by atoms with E-state index < -0.39 is 0 Å². The maximum absolute atomic E-state index is 2.25. The standard InChI is InChI=1S/C12H18.C9H12/c1-4-10-8-7-9-11(5-2)12(10)6-3;1-7-5-4-6-8(2)9(7)3/h7-9H,4-6H2,1-3H3;4-6H,1-3H3. The number of hydrogen-bond donors (Lipinski definition) is 0. The molecule has 21 heavy (non-hydrogen) atoms. The van der Waals surface area contributed by atoms with Gasteiger partial charge in [0.2, 0.25) is 0 Å². The monoisotopic (exact) mass is 282 g/mol. The number of aryl methyl sites for hydroxylation is 4. The average molecular weight is 282 g/mol. The predicted octanol–water partition coefficient (Wildman–Crippen LogP) is 5.99. The normalized spacial score (nSPS) is 10.0. The molecule has 0 heteroatoms. The van der Waals surface area contributed by atoms with Gasteiger partial charge in [0.1, 0.15) is 0 Å². The number of hydrogen-bond acceptors (Lipinski definition) is 0. The van der Waals surface area contributed by atoms with Gasteiger partial charge in [0.25, 0.3) is 0 Å². The van der Waals surface area contributed by atoms with Crippen molar-refractivity contribution < 1.29 is 0 Å². The molecule has 0 atom stereocenters. The molecule has 0 aliphatic rings. The fraction of sp³-hybridized carbons (Fsp3) is 0.429. The van der Waals surface area contributed by atoms with Crippen LogP contribution in [0.25, 0.3) is 0 Å². The Morgan fingerprint density at radius 2 is 1.05 bits per heavy atom. The predicted molar refractivity (Wildman–Crippen MR) is 95.2 cm³/mol. The van der Waals surface area contributed by atoms with Crippen molar-refractivity contribution in [2.45, 2.75) is 60.8 Å². The third kappa shape index (κ3) is 4.74. The van der Waals surface area contributed by atoms with Gasteiger partial charge in [0.05, 0.1) is 0 Å². The van der Waals surface area contributed by atoms with Crippen LogP contribution in [0.1, 0.15) is 54.2 Å². The SMILES string of the molecule is CCc1cccc(CC)c1CC.Cc1cccc(C)c1C. The molecule has 0 aliphatic heterocycles. The van der Waals surface area contributed by atoms with Gasteiger partial charge < -0.3 is 0 Å². The molecule has 0 fully saturated rings. The molecule has 0 bridgehead atoms. The van der Waals surface area contributed by atoms with Gasteiger partial charge in [-0.3, -0.25) is 0 Å². The van der Waals surface area contributed by atoms with Crippen molar-refractivity contribution in [3.05, 3.63) is 69.8 Å². The van der Waals surface area contributed by atoms with Gasteiger partial charge in [-0.25, -0.2) is 0 Å². The highest BCUT2D eigenvalue weighted by molar-refractivity contribution is 5.35. The molecule has 2 aromatic carbocycles. The third-order valence-corrected chi connectivity index (χ3v) is 4.36. The lowest BCUT2D eigenvalue weighted by Gasteiger charge is -2.10. The molecule has 0 aromatic heterocycles. The van der Waals surface area contributed by atoms with Crippen LogP contribution in [-0.2, 0) is 19.3 Å². The molecular weight excluding hydrogens is 252 g/mol. The summed E-state index contributed by atoms with van der Waals surface area (Å²) in [5.74, 6) is 0. The third-order valence-electron chi connectivity index (χ3n) is 4.36. The number of rotatable bonds is 3. The molecule has 0 saturated carbocycles. The van der Waals surface area contributed by atoms with Gasteiger partial charge >= 0.3 is 0 Å². The molecule has 0 unspecified atom stereocenters. The fourth-order valence-electron chi connectivity index (χ4n) is 2.70. The van der Waals surface area contributed by atoms with Crippen LogP contribution in [0.5, 0.6) is 0 Å². The summed E-state index contributed by atoms with van der Waals surface area (Å²) in [6, 6.07) is 13.1. The van der Waals surface area contributed by atoms with Gasteiger partial charge in [0, 0.05) is 0 Å². The lowest BCUT2D eigenvalue weighted by molar-refractivity contribution is 0.981. The van der Waals surface area contributed by atoms with Crippen molar-refractivity contribution in [1.29, 1.82) is 0 Å². The molecule has 2 rings (SSSR count). The van der Waals surface area contributed by atoms with Gasteiger partial charge in [-0.2, -0.15) is 0 Å². The second-order valence-electron chi connectivity index (χ2n) is 5.63. The van der Waals surface area contributed by atoms with Crippen molar-refractivity contribution in [3.8, 4) is 0 Å². The summed E-state index contributed by atoms with van der Waals surface area (Å²) in [4.78, 5) is 0. The molecule has 114 valence electrons. The molecule has 0 amide bonds. The van der Waals surface area contributed by atoms with Crippen LogP contribution in [0.4, 0.5) is 0 Å². The first-order valence-electron chi connectivity index (χ1n) is 8.17. The van der Waals surface area contributed by atoms with E-state index in [-0.39, 0.29) is 0 Å². The van der Waals surface area contributed by atoms with Crippen molar-refractivity contribution in [2.75, 3.05) is 0 Å². The molecule has 0 nitrogen and oxygen atoms in total. The number of benzene rings is 2. The highest BCUT2D eigenvalue weighted by Gasteiger charge is 2.02. The zero-order valence-electron chi connectivity index (χ0n) is 14.6. The Hall–Kier alpha value is -1.56. The second kappa shape index (κ2) is 8.67. The van der Waals surface area contributed by atoms with Crippen LogP contribution in [0.15, 0.2) is 36.4 Å². The molecule has 0 radical (unpaired) electrons. The van der Waals surface area contributed by atoms with Crippen molar-refractivity contribution in [3.63, 3.8) is 0 Å². The highest BCUT2D eigenvalue weighted by Crippen LogP contribution is 2.16. The topological polar surface area (TPSA) is 0 Å². The van der Waals surface area contributed by atoms with E-state index >= 15 is 0 Å². The first-order valence-corrected chi connectivity index (χ1v) is 8.17. The van der Waals surface area contributed by atoms with E-state index in [9.17, 15) is 0 Å². The largest absolute Gasteiger partial charge is 0.0617 e. The summed E-state index contributed by atoms with van der Waals surface area (Å²) < 4.78 is 0. The minimum atomic E-state index is 1.16. The fourth-order valence-corrected chi connectivity index (χ4v) is 2.70. The van der Waals surface area contributed by atoms with Crippen LogP contribution in [0.3, 0.4) is 0 Å². The van der Waals surface area contributed by atoms with E-state index in [1.54, 1.807) is 5.56 Å². The van der Waals surface area contributed by atoms with Crippen LogP contribution >= 0.6 is 0 Å². The van der Waals surface area contributed by atoms with Crippen LogP contribution < -0.4 is 0 Å².